The van der Waals surface area contributed by atoms with Gasteiger partial charge in [-0.05, 0) is 47.7 Å². The molecule has 3 aromatic rings. The summed E-state index contributed by atoms with van der Waals surface area (Å²) in [7, 11) is 0. The second-order valence-electron chi connectivity index (χ2n) is 11.9. The SMILES string of the molecule is C=C(CCN(Cc1ccc(C(=O)NC[C@@H](C=O)NC(=O)OCc2ccccc2)cc1)C(=O)CCC1CCCC1)Nc1ccccc1N. The number of nitrogen functional groups attached to an aromatic ring is 1. The summed E-state index contributed by atoms with van der Waals surface area (Å²) >= 11 is 0. The van der Waals surface area contributed by atoms with Crippen LogP contribution in [0.25, 0.3) is 0 Å². The number of anilines is 2. The standard InChI is InChI=1S/C37H45N5O5/c1-27(40-34-14-8-7-13-33(34)38)21-22-42(35(44)20-17-28-9-5-6-10-28)24-29-15-18-31(19-16-29)36(45)39-23-32(25-43)41-37(46)47-26-30-11-3-2-4-12-30/h2-4,7-8,11-16,18-19,25,28,32,40H,1,5-6,9-10,17,20-24,26,38H2,(H,39,45)(H,41,46)/t32-/m0/s1. The fraction of sp³-hybridized carbons (Fsp3) is 0.351. The van der Waals surface area contributed by atoms with E-state index in [-0.39, 0.29) is 19.1 Å². The first-order chi connectivity index (χ1) is 22.8. The molecular weight excluding hydrogens is 594 g/mol. The highest BCUT2D eigenvalue weighted by atomic mass is 16.5. The van der Waals surface area contributed by atoms with Crippen LogP contribution in [0.2, 0.25) is 0 Å². The fourth-order valence-corrected chi connectivity index (χ4v) is 5.55. The van der Waals surface area contributed by atoms with Crippen molar-refractivity contribution in [1.29, 1.82) is 0 Å². The third-order valence-electron chi connectivity index (χ3n) is 8.30. The first kappa shape index (κ1) is 34.7. The number of para-hydroxylation sites is 2. The van der Waals surface area contributed by atoms with Crippen LogP contribution in [-0.2, 0) is 27.5 Å². The second-order valence-corrected chi connectivity index (χ2v) is 11.9. The topological polar surface area (TPSA) is 143 Å². The zero-order chi connectivity index (χ0) is 33.4. The van der Waals surface area contributed by atoms with Crippen LogP contribution in [0.15, 0.2) is 91.1 Å². The third kappa shape index (κ3) is 11.6. The Bertz CT molecular complexity index is 1490. The Labute approximate surface area is 276 Å². The number of alkyl carbamates (subject to hydrolysis) is 1. The van der Waals surface area contributed by atoms with E-state index in [2.05, 4.69) is 22.5 Å². The van der Waals surface area contributed by atoms with Gasteiger partial charge in [0, 0.05) is 43.7 Å². The van der Waals surface area contributed by atoms with Gasteiger partial charge in [-0.1, -0.05) is 86.9 Å². The number of ether oxygens (including phenoxy) is 1. The van der Waals surface area contributed by atoms with Crippen LogP contribution in [0.3, 0.4) is 0 Å². The molecule has 0 radical (unpaired) electrons. The van der Waals surface area contributed by atoms with Gasteiger partial charge < -0.3 is 36.1 Å². The largest absolute Gasteiger partial charge is 0.445 e. The third-order valence-corrected chi connectivity index (χ3v) is 8.30. The molecule has 0 saturated heterocycles. The molecule has 3 aromatic carbocycles. The molecule has 10 nitrogen and oxygen atoms in total. The Morgan fingerprint density at radius 3 is 2.34 bits per heavy atom. The van der Waals surface area contributed by atoms with Gasteiger partial charge in [-0.25, -0.2) is 4.79 Å². The fourth-order valence-electron chi connectivity index (χ4n) is 5.55. The number of carbonyl (C=O) groups excluding carboxylic acids is 4. The van der Waals surface area contributed by atoms with E-state index in [4.69, 9.17) is 10.5 Å². The lowest BCUT2D eigenvalue weighted by molar-refractivity contribution is -0.132. The Morgan fingerprint density at radius 1 is 0.936 bits per heavy atom. The summed E-state index contributed by atoms with van der Waals surface area (Å²) in [5.74, 6) is 0.320. The molecule has 1 aliphatic carbocycles. The summed E-state index contributed by atoms with van der Waals surface area (Å²) in [6.45, 7) is 4.99. The van der Waals surface area contributed by atoms with E-state index in [1.807, 2.05) is 71.6 Å². The highest BCUT2D eigenvalue weighted by Gasteiger charge is 2.20. The summed E-state index contributed by atoms with van der Waals surface area (Å²) in [6, 6.07) is 22.7. The number of hydrogen-bond donors (Lipinski definition) is 4. The summed E-state index contributed by atoms with van der Waals surface area (Å²) in [6.07, 6.45) is 6.61. The number of benzene rings is 3. The van der Waals surface area contributed by atoms with Gasteiger partial charge in [0.1, 0.15) is 18.9 Å². The van der Waals surface area contributed by atoms with E-state index in [9.17, 15) is 19.2 Å². The molecule has 47 heavy (non-hydrogen) atoms. The van der Waals surface area contributed by atoms with Gasteiger partial charge >= 0.3 is 6.09 Å². The second kappa shape index (κ2) is 18.1. The molecule has 1 aliphatic rings. The van der Waals surface area contributed by atoms with Gasteiger partial charge in [0.05, 0.1) is 11.4 Å². The maximum atomic E-state index is 13.4. The van der Waals surface area contributed by atoms with Crippen molar-refractivity contribution >= 4 is 35.6 Å². The number of hydrogen-bond acceptors (Lipinski definition) is 7. The van der Waals surface area contributed by atoms with Gasteiger partial charge in [-0.2, -0.15) is 0 Å². The zero-order valence-electron chi connectivity index (χ0n) is 26.8. The molecular formula is C37H45N5O5. The number of amides is 3. The molecule has 0 spiro atoms. The smallest absolute Gasteiger partial charge is 0.408 e. The summed E-state index contributed by atoms with van der Waals surface area (Å²) in [4.78, 5) is 51.7. The minimum absolute atomic E-state index is 0.0644. The van der Waals surface area contributed by atoms with Crippen LogP contribution < -0.4 is 21.7 Å². The summed E-state index contributed by atoms with van der Waals surface area (Å²) in [5.41, 5.74) is 10.3. The molecule has 5 N–H and O–H groups in total. The minimum atomic E-state index is -0.951. The highest BCUT2D eigenvalue weighted by Crippen LogP contribution is 2.29. The van der Waals surface area contributed by atoms with Crippen molar-refractivity contribution in [2.45, 2.75) is 64.1 Å². The Morgan fingerprint density at radius 2 is 1.64 bits per heavy atom. The predicted octanol–water partition coefficient (Wildman–Crippen LogP) is 5.81. The van der Waals surface area contributed by atoms with E-state index in [0.717, 1.165) is 28.9 Å². The molecule has 3 amide bonds. The van der Waals surface area contributed by atoms with E-state index in [0.29, 0.717) is 49.4 Å². The zero-order valence-corrected chi connectivity index (χ0v) is 26.8. The van der Waals surface area contributed by atoms with Gasteiger partial charge in [0.2, 0.25) is 5.91 Å². The Balaban J connectivity index is 1.28. The summed E-state index contributed by atoms with van der Waals surface area (Å²) < 4.78 is 5.15. The average molecular weight is 640 g/mol. The normalized spacial score (nSPS) is 13.3. The van der Waals surface area contributed by atoms with Gasteiger partial charge in [0.15, 0.2) is 0 Å². The molecule has 4 rings (SSSR count). The van der Waals surface area contributed by atoms with Crippen molar-refractivity contribution in [2.24, 2.45) is 5.92 Å². The van der Waals surface area contributed by atoms with Crippen molar-refractivity contribution in [2.75, 3.05) is 24.1 Å². The van der Waals surface area contributed by atoms with Crippen LogP contribution in [-0.4, -0.2) is 48.2 Å². The van der Waals surface area contributed by atoms with Crippen molar-refractivity contribution in [1.82, 2.24) is 15.5 Å². The lowest BCUT2D eigenvalue weighted by Gasteiger charge is -2.25. The van der Waals surface area contributed by atoms with Gasteiger partial charge in [-0.3, -0.25) is 9.59 Å². The van der Waals surface area contributed by atoms with Crippen molar-refractivity contribution in [3.8, 4) is 0 Å². The lowest BCUT2D eigenvalue weighted by atomic mass is 10.0. The van der Waals surface area contributed by atoms with Crippen LogP contribution in [0.4, 0.5) is 16.2 Å². The van der Waals surface area contributed by atoms with Gasteiger partial charge in [-0.15, -0.1) is 0 Å². The Hall–Kier alpha value is -5.12. The monoisotopic (exact) mass is 639 g/mol. The molecule has 0 aromatic heterocycles. The quantitative estimate of drug-likeness (QED) is 0.108. The van der Waals surface area contributed by atoms with E-state index < -0.39 is 18.0 Å². The minimum Gasteiger partial charge on any atom is -0.445 e. The van der Waals surface area contributed by atoms with Crippen molar-refractivity contribution in [3.05, 3.63) is 108 Å². The first-order valence-corrected chi connectivity index (χ1v) is 16.2. The Kier molecular flexibility index (Phi) is 13.4. The first-order valence-electron chi connectivity index (χ1n) is 16.2. The van der Waals surface area contributed by atoms with Gasteiger partial charge in [0.25, 0.3) is 5.91 Å². The molecule has 0 aliphatic heterocycles. The van der Waals surface area contributed by atoms with E-state index >= 15 is 0 Å². The number of nitrogens with two attached hydrogens (primary N) is 1. The lowest BCUT2D eigenvalue weighted by Crippen LogP contribution is -2.44. The van der Waals surface area contributed by atoms with Crippen LogP contribution in [0.1, 0.15) is 66.4 Å². The molecule has 1 atom stereocenters. The molecule has 1 saturated carbocycles. The molecule has 0 unspecified atom stereocenters. The van der Waals surface area contributed by atoms with E-state index in [1.54, 1.807) is 12.1 Å². The summed E-state index contributed by atoms with van der Waals surface area (Å²) in [5, 5.41) is 8.39. The number of nitrogens with one attached hydrogen (secondary N) is 3. The maximum absolute atomic E-state index is 13.4. The predicted molar refractivity (Wildman–Crippen MR) is 183 cm³/mol. The molecule has 10 heteroatoms. The van der Waals surface area contributed by atoms with E-state index in [1.165, 1.54) is 25.7 Å². The number of aldehydes is 1. The van der Waals surface area contributed by atoms with Crippen LogP contribution >= 0.6 is 0 Å². The number of nitrogens with zero attached hydrogens (tertiary/aromatic N) is 1. The number of rotatable bonds is 17. The maximum Gasteiger partial charge on any atom is 0.408 e. The highest BCUT2D eigenvalue weighted by molar-refractivity contribution is 5.94. The van der Waals surface area contributed by atoms with Crippen molar-refractivity contribution in [3.63, 3.8) is 0 Å². The van der Waals surface area contributed by atoms with Crippen molar-refractivity contribution < 1.29 is 23.9 Å². The molecule has 248 valence electrons. The molecule has 1 fully saturated rings. The molecule has 0 heterocycles. The van der Waals surface area contributed by atoms with Crippen LogP contribution in [0.5, 0.6) is 0 Å². The average Bonchev–Trinajstić information content (AvgIpc) is 3.62. The number of carbonyl (C=O) groups is 4. The van der Waals surface area contributed by atoms with Crippen LogP contribution in [0, 0.1) is 5.92 Å². The molecule has 0 bridgehead atoms.